The van der Waals surface area contributed by atoms with Gasteiger partial charge in [-0.15, -0.1) is 0 Å². The molecule has 0 spiro atoms. The van der Waals surface area contributed by atoms with Crippen LogP contribution < -0.4 is 19.5 Å². The van der Waals surface area contributed by atoms with Crippen LogP contribution >= 0.6 is 0 Å². The van der Waals surface area contributed by atoms with Crippen molar-refractivity contribution in [2.75, 3.05) is 33.4 Å². The van der Waals surface area contributed by atoms with E-state index in [9.17, 15) is 8.42 Å². The van der Waals surface area contributed by atoms with E-state index < -0.39 is 15.3 Å². The second-order valence-electron chi connectivity index (χ2n) is 5.04. The first-order valence-corrected chi connectivity index (χ1v) is 8.59. The van der Waals surface area contributed by atoms with Gasteiger partial charge in [-0.2, -0.15) is 0 Å². The van der Waals surface area contributed by atoms with Gasteiger partial charge in [0.25, 0.3) is 0 Å². The van der Waals surface area contributed by atoms with Crippen molar-refractivity contribution in [3.8, 4) is 11.5 Å². The summed E-state index contributed by atoms with van der Waals surface area (Å²) in [5.74, 6) is 1.47. The van der Waals surface area contributed by atoms with Crippen molar-refractivity contribution in [3.05, 3.63) is 23.8 Å². The summed E-state index contributed by atoms with van der Waals surface area (Å²) >= 11 is 0. The first kappa shape index (κ1) is 16.1. The van der Waals surface area contributed by atoms with E-state index in [1.807, 2.05) is 18.2 Å². The van der Waals surface area contributed by atoms with Crippen LogP contribution in [0.3, 0.4) is 0 Å². The lowest BCUT2D eigenvalue weighted by atomic mass is 10.1. The molecule has 1 aromatic rings. The van der Waals surface area contributed by atoms with Gasteiger partial charge in [0, 0.05) is 13.1 Å². The molecule has 1 heterocycles. The molecular formula is C14H22N2O4S. The summed E-state index contributed by atoms with van der Waals surface area (Å²) in [6.45, 7) is 3.60. The highest BCUT2D eigenvalue weighted by Gasteiger charge is 2.19. The Bertz CT molecular complexity index is 574. The number of fused-ring (bicyclic) bond motifs is 1. The average molecular weight is 314 g/mol. The summed E-state index contributed by atoms with van der Waals surface area (Å²) in [4.78, 5) is 0. The molecule has 0 amide bonds. The van der Waals surface area contributed by atoms with Gasteiger partial charge in [-0.05, 0) is 38.1 Å². The molecule has 21 heavy (non-hydrogen) atoms. The van der Waals surface area contributed by atoms with Crippen molar-refractivity contribution in [3.63, 3.8) is 0 Å². The molecule has 118 valence electrons. The lowest BCUT2D eigenvalue weighted by Crippen LogP contribution is -2.38. The fourth-order valence-corrected chi connectivity index (χ4v) is 3.18. The fraction of sp³-hybridized carbons (Fsp3) is 0.571. The molecule has 0 fully saturated rings. The van der Waals surface area contributed by atoms with Crippen LogP contribution in [-0.2, 0) is 16.4 Å². The smallest absolute Gasteiger partial charge is 0.215 e. The lowest BCUT2D eigenvalue weighted by Gasteiger charge is -2.19. The number of benzene rings is 1. The van der Waals surface area contributed by atoms with Crippen LogP contribution in [0, 0.1) is 0 Å². The van der Waals surface area contributed by atoms with Gasteiger partial charge in [0.2, 0.25) is 10.0 Å². The first-order valence-electron chi connectivity index (χ1n) is 7.04. The van der Waals surface area contributed by atoms with Crippen molar-refractivity contribution < 1.29 is 17.9 Å². The van der Waals surface area contributed by atoms with E-state index in [1.54, 1.807) is 14.0 Å². The summed E-state index contributed by atoms with van der Waals surface area (Å²) in [7, 11) is -1.54. The molecule has 2 N–H and O–H groups in total. The molecule has 0 bridgehead atoms. The Morgan fingerprint density at radius 1 is 1.24 bits per heavy atom. The molecule has 0 saturated heterocycles. The number of hydrogen-bond donors (Lipinski definition) is 2. The Balaban J connectivity index is 1.89. The average Bonchev–Trinajstić information content (AvgIpc) is 2.47. The quantitative estimate of drug-likeness (QED) is 0.768. The number of hydrogen-bond acceptors (Lipinski definition) is 5. The van der Waals surface area contributed by atoms with E-state index in [-0.39, 0.29) is 0 Å². The Morgan fingerprint density at radius 3 is 2.67 bits per heavy atom. The monoisotopic (exact) mass is 314 g/mol. The fourth-order valence-electron chi connectivity index (χ4n) is 2.12. The standard InChI is InChI=1S/C14H22N2O4S/c1-11(10-15-2)21(17,18)16-6-5-12-3-4-13-14(9-12)20-8-7-19-13/h3-4,9,11,15-16H,5-8,10H2,1-2H3. The maximum atomic E-state index is 11.9. The van der Waals surface area contributed by atoms with Crippen LogP contribution in [0.5, 0.6) is 11.5 Å². The van der Waals surface area contributed by atoms with Gasteiger partial charge in [-0.1, -0.05) is 6.07 Å². The maximum Gasteiger partial charge on any atom is 0.215 e. The zero-order valence-corrected chi connectivity index (χ0v) is 13.2. The third kappa shape index (κ3) is 4.33. The number of rotatable bonds is 7. The topological polar surface area (TPSA) is 76.7 Å². The molecule has 6 nitrogen and oxygen atoms in total. The highest BCUT2D eigenvalue weighted by Crippen LogP contribution is 2.30. The van der Waals surface area contributed by atoms with Crippen molar-refractivity contribution in [2.45, 2.75) is 18.6 Å². The minimum absolute atomic E-state index is 0.371. The summed E-state index contributed by atoms with van der Waals surface area (Å²) in [5.41, 5.74) is 1.02. The number of nitrogens with one attached hydrogen (secondary N) is 2. The summed E-state index contributed by atoms with van der Waals surface area (Å²) < 4.78 is 37.5. The highest BCUT2D eigenvalue weighted by molar-refractivity contribution is 7.90. The molecule has 1 atom stereocenters. The van der Waals surface area contributed by atoms with Gasteiger partial charge in [-0.3, -0.25) is 0 Å². The Kier molecular flexibility index (Phi) is 5.44. The SMILES string of the molecule is CNCC(C)S(=O)(=O)NCCc1ccc2c(c1)OCCO2. The van der Waals surface area contributed by atoms with Crippen molar-refractivity contribution in [2.24, 2.45) is 0 Å². The van der Waals surface area contributed by atoms with Gasteiger partial charge in [0.1, 0.15) is 13.2 Å². The Labute approximate surface area is 125 Å². The van der Waals surface area contributed by atoms with E-state index in [0.717, 1.165) is 17.1 Å². The van der Waals surface area contributed by atoms with Crippen LogP contribution in [0.1, 0.15) is 12.5 Å². The van der Waals surface area contributed by atoms with Crippen molar-refractivity contribution >= 4 is 10.0 Å². The zero-order chi connectivity index (χ0) is 15.3. The maximum absolute atomic E-state index is 11.9. The van der Waals surface area contributed by atoms with Crippen LogP contribution in [0.15, 0.2) is 18.2 Å². The molecular weight excluding hydrogens is 292 g/mol. The molecule has 1 aliphatic rings. The molecule has 0 radical (unpaired) electrons. The Hall–Kier alpha value is -1.31. The third-order valence-corrected chi connectivity index (χ3v) is 5.18. The molecule has 1 unspecified atom stereocenters. The predicted octanol–water partition coefficient (Wildman–Crippen LogP) is 0.528. The molecule has 1 aliphatic heterocycles. The van der Waals surface area contributed by atoms with Crippen LogP contribution in [0.25, 0.3) is 0 Å². The van der Waals surface area contributed by atoms with Gasteiger partial charge in [-0.25, -0.2) is 13.1 Å². The second-order valence-corrected chi connectivity index (χ2v) is 7.22. The molecule has 2 rings (SSSR count). The van der Waals surface area contributed by atoms with E-state index in [1.165, 1.54) is 0 Å². The van der Waals surface area contributed by atoms with Gasteiger partial charge in [0.05, 0.1) is 5.25 Å². The van der Waals surface area contributed by atoms with Crippen LogP contribution in [-0.4, -0.2) is 47.0 Å². The summed E-state index contributed by atoms with van der Waals surface area (Å²) in [6.07, 6.45) is 0.613. The van der Waals surface area contributed by atoms with E-state index in [2.05, 4.69) is 10.0 Å². The molecule has 0 saturated carbocycles. The number of ether oxygens (including phenoxy) is 2. The van der Waals surface area contributed by atoms with Gasteiger partial charge in [0.15, 0.2) is 11.5 Å². The summed E-state index contributed by atoms with van der Waals surface area (Å²) in [5, 5.41) is 2.41. The third-order valence-electron chi connectivity index (χ3n) is 3.34. The second kappa shape index (κ2) is 7.11. The van der Waals surface area contributed by atoms with Crippen molar-refractivity contribution in [1.29, 1.82) is 0 Å². The van der Waals surface area contributed by atoms with E-state index >= 15 is 0 Å². The number of sulfonamides is 1. The van der Waals surface area contributed by atoms with E-state index in [4.69, 9.17) is 9.47 Å². The molecule has 0 aliphatic carbocycles. The lowest BCUT2D eigenvalue weighted by molar-refractivity contribution is 0.171. The van der Waals surface area contributed by atoms with Gasteiger partial charge < -0.3 is 14.8 Å². The van der Waals surface area contributed by atoms with Crippen LogP contribution in [0.2, 0.25) is 0 Å². The molecule has 7 heteroatoms. The molecule has 0 aromatic heterocycles. The predicted molar refractivity (Wildman–Crippen MR) is 81.4 cm³/mol. The largest absolute Gasteiger partial charge is 0.486 e. The van der Waals surface area contributed by atoms with Crippen LogP contribution in [0.4, 0.5) is 0 Å². The van der Waals surface area contributed by atoms with Gasteiger partial charge >= 0.3 is 0 Å². The zero-order valence-electron chi connectivity index (χ0n) is 12.4. The molecule has 1 aromatic carbocycles. The first-order chi connectivity index (χ1) is 10.0. The minimum Gasteiger partial charge on any atom is -0.486 e. The highest BCUT2D eigenvalue weighted by atomic mass is 32.2. The van der Waals surface area contributed by atoms with E-state index in [0.29, 0.717) is 32.7 Å². The summed E-state index contributed by atoms with van der Waals surface area (Å²) in [6, 6.07) is 5.70. The minimum atomic E-state index is -3.28. The Morgan fingerprint density at radius 2 is 1.95 bits per heavy atom. The van der Waals surface area contributed by atoms with Crippen molar-refractivity contribution in [1.82, 2.24) is 10.0 Å². The normalized spacial score (nSPS) is 15.7.